The number of aromatic nitrogens is 3. The summed E-state index contributed by atoms with van der Waals surface area (Å²) in [5, 5.41) is 15.9. The minimum absolute atomic E-state index is 0.00926. The number of aryl methyl sites for hydroxylation is 1. The largest absolute Gasteiger partial charge is 0.492 e. The van der Waals surface area contributed by atoms with Crippen LogP contribution in [0.5, 0.6) is 5.88 Å². The Morgan fingerprint density at radius 1 is 1.32 bits per heavy atom. The van der Waals surface area contributed by atoms with Crippen molar-refractivity contribution in [1.82, 2.24) is 14.6 Å². The molecule has 2 aromatic heterocycles. The van der Waals surface area contributed by atoms with Crippen molar-refractivity contribution < 1.29 is 10.0 Å². The predicted molar refractivity (Wildman–Crippen MR) is 99.7 cm³/mol. The van der Waals surface area contributed by atoms with Crippen LogP contribution in [0.1, 0.15) is 42.1 Å². The van der Waals surface area contributed by atoms with Gasteiger partial charge in [-0.1, -0.05) is 48.1 Å². The summed E-state index contributed by atoms with van der Waals surface area (Å²) < 4.78 is 1.55. The highest BCUT2D eigenvalue weighted by Gasteiger charge is 2.35. The summed E-state index contributed by atoms with van der Waals surface area (Å²) in [6.45, 7) is 6.29. The highest BCUT2D eigenvalue weighted by atomic mass is 35.5. The van der Waals surface area contributed by atoms with E-state index in [4.69, 9.17) is 11.6 Å². The molecule has 0 unspecified atom stereocenters. The fourth-order valence-corrected chi connectivity index (χ4v) is 5.14. The molecule has 1 fully saturated rings. The zero-order valence-electron chi connectivity index (χ0n) is 14.4. The van der Waals surface area contributed by atoms with Crippen molar-refractivity contribution in [3.63, 3.8) is 0 Å². The molecule has 4 rings (SSSR count). The number of aromatic hydroxyl groups is 1. The van der Waals surface area contributed by atoms with Gasteiger partial charge in [-0.15, -0.1) is 5.10 Å². The number of hydrogen-bond donors (Lipinski definition) is 2. The van der Waals surface area contributed by atoms with Crippen LogP contribution in [0.4, 0.5) is 0 Å². The molecule has 25 heavy (non-hydrogen) atoms. The standard InChI is InChI=1S/C18H21ClN4OS/c1-11-7-9-22(10-8-11)15(13-5-3-4-6-14(13)19)16-17(24)23-18(25-16)20-12(2)21-23/h3-6,11,15,24H,7-10H2,1-2H3/p+1/t15-/m0/s1. The van der Waals surface area contributed by atoms with Crippen LogP contribution >= 0.6 is 22.9 Å². The van der Waals surface area contributed by atoms with Crippen LogP contribution in [0.15, 0.2) is 24.3 Å². The molecule has 1 aliphatic heterocycles. The molecule has 0 radical (unpaired) electrons. The Morgan fingerprint density at radius 2 is 2.04 bits per heavy atom. The maximum absolute atomic E-state index is 10.8. The maximum Gasteiger partial charge on any atom is 0.235 e. The second-order valence-electron chi connectivity index (χ2n) is 6.94. The topological polar surface area (TPSA) is 54.9 Å². The second-order valence-corrected chi connectivity index (χ2v) is 8.35. The van der Waals surface area contributed by atoms with Gasteiger partial charge in [0.15, 0.2) is 6.04 Å². The van der Waals surface area contributed by atoms with Gasteiger partial charge < -0.3 is 10.0 Å². The predicted octanol–water partition coefficient (Wildman–Crippen LogP) is 2.86. The third-order valence-corrected chi connectivity index (χ3v) is 6.54. The smallest absolute Gasteiger partial charge is 0.235 e. The summed E-state index contributed by atoms with van der Waals surface area (Å²) in [6, 6.07) is 7.96. The van der Waals surface area contributed by atoms with E-state index < -0.39 is 0 Å². The minimum atomic E-state index is 0.00926. The zero-order chi connectivity index (χ0) is 17.6. The van der Waals surface area contributed by atoms with Gasteiger partial charge in [-0.2, -0.15) is 4.52 Å². The van der Waals surface area contributed by atoms with Crippen molar-refractivity contribution in [3.8, 4) is 5.88 Å². The summed E-state index contributed by atoms with van der Waals surface area (Å²) in [4.78, 5) is 7.49. The number of thiazole rings is 1. The van der Waals surface area contributed by atoms with E-state index >= 15 is 0 Å². The van der Waals surface area contributed by atoms with E-state index in [1.165, 1.54) is 29.1 Å². The summed E-state index contributed by atoms with van der Waals surface area (Å²) in [7, 11) is 0. The van der Waals surface area contributed by atoms with Crippen LogP contribution in [-0.2, 0) is 0 Å². The molecule has 7 heteroatoms. The number of nitrogens with zero attached hydrogens (tertiary/aromatic N) is 3. The number of rotatable bonds is 3. The Hall–Kier alpha value is -1.63. The van der Waals surface area contributed by atoms with E-state index in [0.717, 1.165) is 39.4 Å². The monoisotopic (exact) mass is 377 g/mol. The lowest BCUT2D eigenvalue weighted by Crippen LogP contribution is -3.13. The number of nitrogens with one attached hydrogen (secondary N) is 1. The third-order valence-electron chi connectivity index (χ3n) is 5.11. The van der Waals surface area contributed by atoms with Gasteiger partial charge in [0.1, 0.15) is 10.7 Å². The summed E-state index contributed by atoms with van der Waals surface area (Å²) in [5.41, 5.74) is 1.06. The van der Waals surface area contributed by atoms with Crippen LogP contribution in [0, 0.1) is 12.8 Å². The molecule has 2 N–H and O–H groups in total. The number of benzene rings is 1. The van der Waals surface area contributed by atoms with Gasteiger partial charge in [-0.25, -0.2) is 4.98 Å². The van der Waals surface area contributed by atoms with E-state index in [1.807, 2.05) is 25.1 Å². The average molecular weight is 378 g/mol. The number of likely N-dealkylation sites (tertiary alicyclic amines) is 1. The van der Waals surface area contributed by atoms with Crippen molar-refractivity contribution in [1.29, 1.82) is 0 Å². The highest BCUT2D eigenvalue weighted by Crippen LogP contribution is 2.37. The molecule has 1 aromatic carbocycles. The highest BCUT2D eigenvalue weighted by molar-refractivity contribution is 7.17. The lowest BCUT2D eigenvalue weighted by Gasteiger charge is -2.33. The van der Waals surface area contributed by atoms with Gasteiger partial charge in [-0.05, 0) is 31.7 Å². The van der Waals surface area contributed by atoms with Gasteiger partial charge in [0.2, 0.25) is 10.8 Å². The molecule has 0 saturated carbocycles. The van der Waals surface area contributed by atoms with Gasteiger partial charge >= 0.3 is 0 Å². The number of piperidine rings is 1. The first kappa shape index (κ1) is 16.8. The first-order chi connectivity index (χ1) is 12.0. The Kier molecular flexibility index (Phi) is 4.43. The van der Waals surface area contributed by atoms with Crippen LogP contribution in [0.25, 0.3) is 4.96 Å². The SMILES string of the molecule is Cc1nc2sc([C@H](c3ccccc3Cl)[NH+]3CCC(C)CC3)c(O)n2n1. The third kappa shape index (κ3) is 3.03. The first-order valence-corrected chi connectivity index (χ1v) is 9.88. The fourth-order valence-electron chi connectivity index (χ4n) is 3.71. The molecule has 0 spiro atoms. The van der Waals surface area contributed by atoms with Gasteiger partial charge in [0.25, 0.3) is 0 Å². The summed E-state index contributed by atoms with van der Waals surface area (Å²) >= 11 is 8.05. The van der Waals surface area contributed by atoms with Crippen molar-refractivity contribution >= 4 is 27.9 Å². The number of halogens is 1. The molecule has 3 heterocycles. The number of hydrogen-bond acceptors (Lipinski definition) is 4. The van der Waals surface area contributed by atoms with Gasteiger partial charge in [0.05, 0.1) is 18.1 Å². The molecule has 0 amide bonds. The molecule has 1 saturated heterocycles. The normalized spacial score (nSPS) is 22.4. The Labute approximate surface area is 155 Å². The second kappa shape index (κ2) is 6.59. The van der Waals surface area contributed by atoms with Crippen LogP contribution in [0.2, 0.25) is 5.02 Å². The molecule has 1 atom stereocenters. The van der Waals surface area contributed by atoms with Crippen LogP contribution < -0.4 is 4.90 Å². The van der Waals surface area contributed by atoms with E-state index in [2.05, 4.69) is 23.1 Å². The number of fused-ring (bicyclic) bond motifs is 1. The van der Waals surface area contributed by atoms with Crippen LogP contribution in [-0.4, -0.2) is 32.8 Å². The lowest BCUT2D eigenvalue weighted by molar-refractivity contribution is -0.931. The van der Waals surface area contributed by atoms with Gasteiger partial charge in [-0.3, -0.25) is 0 Å². The van der Waals surface area contributed by atoms with E-state index in [1.54, 1.807) is 4.52 Å². The van der Waals surface area contributed by atoms with E-state index in [-0.39, 0.29) is 11.9 Å². The Morgan fingerprint density at radius 3 is 2.72 bits per heavy atom. The minimum Gasteiger partial charge on any atom is -0.492 e. The van der Waals surface area contributed by atoms with Crippen molar-refractivity contribution in [2.24, 2.45) is 5.92 Å². The average Bonchev–Trinajstić information content (AvgIpc) is 3.09. The molecular formula is C18H22ClN4OS+. The molecule has 3 aromatic rings. The summed E-state index contributed by atoms with van der Waals surface area (Å²) in [5.74, 6) is 1.62. The van der Waals surface area contributed by atoms with Gasteiger partial charge in [0, 0.05) is 5.56 Å². The Bertz CT molecular complexity index is 898. The molecule has 5 nitrogen and oxygen atoms in total. The molecular weight excluding hydrogens is 356 g/mol. The van der Waals surface area contributed by atoms with Crippen molar-refractivity contribution in [2.45, 2.75) is 32.7 Å². The summed E-state index contributed by atoms with van der Waals surface area (Å²) in [6.07, 6.45) is 2.38. The van der Waals surface area contributed by atoms with E-state index in [9.17, 15) is 5.11 Å². The molecule has 1 aliphatic rings. The zero-order valence-corrected chi connectivity index (χ0v) is 15.9. The number of quaternary nitrogens is 1. The first-order valence-electron chi connectivity index (χ1n) is 8.68. The molecule has 132 valence electrons. The molecule has 0 bridgehead atoms. The quantitative estimate of drug-likeness (QED) is 0.738. The molecule has 0 aliphatic carbocycles. The van der Waals surface area contributed by atoms with Crippen molar-refractivity contribution in [3.05, 3.63) is 45.6 Å². The Balaban J connectivity index is 1.83. The fraction of sp³-hybridized carbons (Fsp3) is 0.444. The van der Waals surface area contributed by atoms with Crippen LogP contribution in [0.3, 0.4) is 0 Å². The van der Waals surface area contributed by atoms with E-state index in [0.29, 0.717) is 5.82 Å². The maximum atomic E-state index is 10.8. The van der Waals surface area contributed by atoms with Crippen molar-refractivity contribution in [2.75, 3.05) is 13.1 Å². The lowest BCUT2D eigenvalue weighted by atomic mass is 9.95.